The van der Waals surface area contributed by atoms with Gasteiger partial charge in [-0.05, 0) is 26.7 Å². The standard InChI is InChI=1S/C12H20ClN3O2S/c1-9(2)16-10(12(3)7-5-4-6-8-12)14-15-11(16)19(13,17)18/h9H,4-8H2,1-3H3. The molecule has 0 saturated heterocycles. The first-order valence-electron chi connectivity index (χ1n) is 6.66. The molecule has 19 heavy (non-hydrogen) atoms. The molecule has 0 amide bonds. The molecule has 1 aliphatic rings. The van der Waals surface area contributed by atoms with Gasteiger partial charge in [0.05, 0.1) is 0 Å². The maximum absolute atomic E-state index is 11.6. The highest BCUT2D eigenvalue weighted by Gasteiger charge is 2.37. The van der Waals surface area contributed by atoms with Gasteiger partial charge in [0.1, 0.15) is 5.82 Å². The zero-order valence-corrected chi connectivity index (χ0v) is 13.1. The van der Waals surface area contributed by atoms with E-state index in [2.05, 4.69) is 17.1 Å². The van der Waals surface area contributed by atoms with Crippen LogP contribution in [0.2, 0.25) is 0 Å². The maximum atomic E-state index is 11.6. The Morgan fingerprint density at radius 2 is 1.79 bits per heavy atom. The van der Waals surface area contributed by atoms with Gasteiger partial charge in [0.15, 0.2) is 0 Å². The zero-order chi connectivity index (χ0) is 14.3. The van der Waals surface area contributed by atoms with Crippen LogP contribution in [0.15, 0.2) is 5.16 Å². The molecule has 0 unspecified atom stereocenters. The minimum atomic E-state index is -3.86. The quantitative estimate of drug-likeness (QED) is 0.805. The van der Waals surface area contributed by atoms with Crippen LogP contribution in [0, 0.1) is 0 Å². The van der Waals surface area contributed by atoms with Gasteiger partial charge >= 0.3 is 0 Å². The predicted octanol–water partition coefficient (Wildman–Crippen LogP) is 3.01. The van der Waals surface area contributed by atoms with Crippen LogP contribution in [-0.4, -0.2) is 23.2 Å². The summed E-state index contributed by atoms with van der Waals surface area (Å²) in [5, 5.41) is 7.84. The SMILES string of the molecule is CC(C)n1c(C2(C)CCCCC2)nnc1S(=O)(=O)Cl. The molecule has 0 bridgehead atoms. The first-order valence-corrected chi connectivity index (χ1v) is 8.97. The van der Waals surface area contributed by atoms with Crippen LogP contribution in [0.25, 0.3) is 0 Å². The smallest absolute Gasteiger partial charge is 0.296 e. The summed E-state index contributed by atoms with van der Waals surface area (Å²) in [6.45, 7) is 5.98. The summed E-state index contributed by atoms with van der Waals surface area (Å²) in [6, 6.07) is -0.0349. The Morgan fingerprint density at radius 1 is 1.21 bits per heavy atom. The molecule has 1 aromatic rings. The van der Waals surface area contributed by atoms with Crippen molar-refractivity contribution in [1.82, 2.24) is 14.8 Å². The van der Waals surface area contributed by atoms with E-state index in [1.807, 2.05) is 13.8 Å². The molecule has 7 heteroatoms. The van der Waals surface area contributed by atoms with Crippen LogP contribution in [-0.2, 0) is 14.5 Å². The van der Waals surface area contributed by atoms with E-state index in [1.54, 1.807) is 4.57 Å². The topological polar surface area (TPSA) is 64.8 Å². The highest BCUT2D eigenvalue weighted by atomic mass is 35.7. The van der Waals surface area contributed by atoms with Gasteiger partial charge in [-0.1, -0.05) is 26.2 Å². The third-order valence-electron chi connectivity index (χ3n) is 3.90. The summed E-state index contributed by atoms with van der Waals surface area (Å²) in [4.78, 5) is 0. The lowest BCUT2D eigenvalue weighted by Crippen LogP contribution is -2.30. The van der Waals surface area contributed by atoms with E-state index in [1.165, 1.54) is 6.42 Å². The lowest BCUT2D eigenvalue weighted by molar-refractivity contribution is 0.286. The molecule has 0 spiro atoms. The summed E-state index contributed by atoms with van der Waals surface area (Å²) >= 11 is 0. The third-order valence-corrected chi connectivity index (χ3v) is 5.02. The van der Waals surface area contributed by atoms with Crippen molar-refractivity contribution in [3.05, 3.63) is 5.82 Å². The predicted molar refractivity (Wildman–Crippen MR) is 73.9 cm³/mol. The molecular formula is C12H20ClN3O2S. The average Bonchev–Trinajstić information content (AvgIpc) is 2.74. The molecule has 0 aliphatic heterocycles. The molecule has 0 radical (unpaired) electrons. The minimum Gasteiger partial charge on any atom is -0.298 e. The normalized spacial score (nSPS) is 19.8. The second-order valence-corrected chi connectivity index (χ2v) is 8.29. The Hall–Kier alpha value is -0.620. The van der Waals surface area contributed by atoms with Gasteiger partial charge in [-0.15, -0.1) is 10.2 Å². The Bertz CT molecular complexity index is 560. The number of nitrogens with zero attached hydrogens (tertiary/aromatic N) is 3. The number of aromatic nitrogens is 3. The largest absolute Gasteiger partial charge is 0.298 e. The molecule has 1 aliphatic carbocycles. The molecule has 0 N–H and O–H groups in total. The molecule has 5 nitrogen and oxygen atoms in total. The second-order valence-electron chi connectivity index (χ2n) is 5.83. The van der Waals surface area contributed by atoms with E-state index in [0.717, 1.165) is 31.5 Å². The zero-order valence-electron chi connectivity index (χ0n) is 11.6. The lowest BCUT2D eigenvalue weighted by atomic mass is 9.75. The number of hydrogen-bond acceptors (Lipinski definition) is 4. The molecule has 1 fully saturated rings. The van der Waals surface area contributed by atoms with Crippen molar-refractivity contribution in [3.63, 3.8) is 0 Å². The van der Waals surface area contributed by atoms with Gasteiger partial charge in [0.2, 0.25) is 0 Å². The van der Waals surface area contributed by atoms with Gasteiger partial charge in [-0.2, -0.15) is 0 Å². The fraction of sp³-hybridized carbons (Fsp3) is 0.833. The maximum Gasteiger partial charge on any atom is 0.296 e. The van der Waals surface area contributed by atoms with Crippen LogP contribution >= 0.6 is 10.7 Å². The van der Waals surface area contributed by atoms with E-state index < -0.39 is 9.05 Å². The third kappa shape index (κ3) is 2.79. The average molecular weight is 306 g/mol. The molecule has 0 atom stereocenters. The summed E-state index contributed by atoms with van der Waals surface area (Å²) in [7, 11) is 1.59. The number of rotatable bonds is 3. The van der Waals surface area contributed by atoms with Gasteiger partial charge in [-0.3, -0.25) is 4.57 Å². The molecule has 1 heterocycles. The van der Waals surface area contributed by atoms with E-state index >= 15 is 0 Å². The van der Waals surface area contributed by atoms with Crippen molar-refractivity contribution < 1.29 is 8.42 Å². The molecule has 1 aromatic heterocycles. The van der Waals surface area contributed by atoms with Crippen LogP contribution in [0.1, 0.15) is 64.7 Å². The van der Waals surface area contributed by atoms with Crippen molar-refractivity contribution in [2.75, 3.05) is 0 Å². The van der Waals surface area contributed by atoms with E-state index in [-0.39, 0.29) is 16.6 Å². The van der Waals surface area contributed by atoms with Gasteiger partial charge in [0.25, 0.3) is 14.2 Å². The minimum absolute atomic E-state index is 0.0349. The molecular weight excluding hydrogens is 286 g/mol. The molecule has 0 aromatic carbocycles. The van der Waals surface area contributed by atoms with E-state index in [0.29, 0.717) is 0 Å². The van der Waals surface area contributed by atoms with Crippen molar-refractivity contribution >= 4 is 19.7 Å². The van der Waals surface area contributed by atoms with Crippen molar-refractivity contribution in [3.8, 4) is 0 Å². The monoisotopic (exact) mass is 305 g/mol. The van der Waals surface area contributed by atoms with Crippen LogP contribution in [0.3, 0.4) is 0 Å². The van der Waals surface area contributed by atoms with Crippen LogP contribution in [0.4, 0.5) is 0 Å². The van der Waals surface area contributed by atoms with Gasteiger partial charge in [0, 0.05) is 22.1 Å². The first kappa shape index (κ1) is 14.8. The van der Waals surface area contributed by atoms with Gasteiger partial charge in [-0.25, -0.2) is 8.42 Å². The van der Waals surface area contributed by atoms with Crippen molar-refractivity contribution in [2.24, 2.45) is 0 Å². The fourth-order valence-corrected chi connectivity index (χ4v) is 3.86. The Morgan fingerprint density at radius 3 is 2.26 bits per heavy atom. The Labute approximate surface area is 118 Å². The van der Waals surface area contributed by atoms with Crippen molar-refractivity contribution in [2.45, 2.75) is 69.5 Å². The van der Waals surface area contributed by atoms with E-state index in [9.17, 15) is 8.42 Å². The summed E-state index contributed by atoms with van der Waals surface area (Å²) in [6.07, 6.45) is 5.54. The molecule has 2 rings (SSSR count). The first-order chi connectivity index (χ1) is 8.76. The van der Waals surface area contributed by atoms with E-state index in [4.69, 9.17) is 10.7 Å². The van der Waals surface area contributed by atoms with Gasteiger partial charge < -0.3 is 0 Å². The molecule has 108 valence electrons. The Balaban J connectivity index is 2.55. The summed E-state index contributed by atoms with van der Waals surface area (Å²) < 4.78 is 24.9. The highest BCUT2D eigenvalue weighted by Crippen LogP contribution is 2.39. The van der Waals surface area contributed by atoms with Crippen LogP contribution in [0.5, 0.6) is 0 Å². The Kier molecular flexibility index (Phi) is 3.93. The van der Waals surface area contributed by atoms with Crippen LogP contribution < -0.4 is 0 Å². The van der Waals surface area contributed by atoms with Crippen molar-refractivity contribution in [1.29, 1.82) is 0 Å². The number of hydrogen-bond donors (Lipinski definition) is 0. The lowest BCUT2D eigenvalue weighted by Gasteiger charge is -2.33. The summed E-state index contributed by atoms with van der Waals surface area (Å²) in [5.74, 6) is 0.751. The number of halogens is 1. The highest BCUT2D eigenvalue weighted by molar-refractivity contribution is 8.13. The fourth-order valence-electron chi connectivity index (χ4n) is 2.88. The molecule has 1 saturated carbocycles. The second kappa shape index (κ2) is 5.05. The summed E-state index contributed by atoms with van der Waals surface area (Å²) in [5.41, 5.74) is -0.102.